The zero-order chi connectivity index (χ0) is 13.5. The molecule has 0 fully saturated rings. The van der Waals surface area contributed by atoms with Gasteiger partial charge in [0.15, 0.2) is 0 Å². The van der Waals surface area contributed by atoms with Crippen LogP contribution >= 0.6 is 0 Å². The van der Waals surface area contributed by atoms with Crippen LogP contribution in [0.5, 0.6) is 0 Å². The van der Waals surface area contributed by atoms with E-state index in [2.05, 4.69) is 5.32 Å². The lowest BCUT2D eigenvalue weighted by Crippen LogP contribution is -2.39. The van der Waals surface area contributed by atoms with Crippen molar-refractivity contribution in [3.63, 3.8) is 0 Å². The van der Waals surface area contributed by atoms with Gasteiger partial charge < -0.3 is 10.4 Å². The Labute approximate surface area is 104 Å². The number of nitrogens with zero attached hydrogens (tertiary/aromatic N) is 1. The molecule has 0 aliphatic carbocycles. The minimum atomic E-state index is -1.06. The number of carboxylic acids is 1. The van der Waals surface area contributed by atoms with Gasteiger partial charge in [0.1, 0.15) is 0 Å². The number of para-hydroxylation sites is 1. The highest BCUT2D eigenvalue weighted by Gasteiger charge is 2.18. The number of urea groups is 1. The summed E-state index contributed by atoms with van der Waals surface area (Å²) in [6, 6.07) is 7.99. The summed E-state index contributed by atoms with van der Waals surface area (Å²) in [5.41, 5.74) is 0.545. The molecule has 0 atom stereocenters. The van der Waals surface area contributed by atoms with Gasteiger partial charge in [-0.3, -0.25) is 14.5 Å². The molecule has 0 bridgehead atoms. The Morgan fingerprint density at radius 2 is 1.83 bits per heavy atom. The standard InChI is InChI=1S/C12H14N2O4/c1-9(15)14(8-7-11(16)17)12(18)13-10-5-3-2-4-6-10/h2-6H,7-8H2,1H3,(H,13,18)(H,16,17). The van der Waals surface area contributed by atoms with Crippen LogP contribution in [-0.4, -0.2) is 34.5 Å². The minimum Gasteiger partial charge on any atom is -0.481 e. The first-order chi connectivity index (χ1) is 8.50. The van der Waals surface area contributed by atoms with Gasteiger partial charge in [0, 0.05) is 19.2 Å². The van der Waals surface area contributed by atoms with Crippen LogP contribution in [0.2, 0.25) is 0 Å². The van der Waals surface area contributed by atoms with Gasteiger partial charge in [-0.2, -0.15) is 0 Å². The third-order valence-electron chi connectivity index (χ3n) is 2.20. The molecule has 0 heterocycles. The van der Waals surface area contributed by atoms with Crippen molar-refractivity contribution in [2.75, 3.05) is 11.9 Å². The van der Waals surface area contributed by atoms with Crippen molar-refractivity contribution in [2.45, 2.75) is 13.3 Å². The van der Waals surface area contributed by atoms with Crippen molar-refractivity contribution in [3.8, 4) is 0 Å². The summed E-state index contributed by atoms with van der Waals surface area (Å²) >= 11 is 0. The fraction of sp³-hybridized carbons (Fsp3) is 0.250. The van der Waals surface area contributed by atoms with E-state index in [1.54, 1.807) is 30.3 Å². The first-order valence-corrected chi connectivity index (χ1v) is 5.36. The number of benzene rings is 1. The zero-order valence-electron chi connectivity index (χ0n) is 9.92. The SMILES string of the molecule is CC(=O)N(CCC(=O)O)C(=O)Nc1ccccc1. The lowest BCUT2D eigenvalue weighted by Gasteiger charge is -2.18. The lowest BCUT2D eigenvalue weighted by atomic mass is 10.3. The number of carbonyl (C=O) groups is 3. The second-order valence-corrected chi connectivity index (χ2v) is 3.61. The van der Waals surface area contributed by atoms with Gasteiger partial charge in [-0.25, -0.2) is 4.79 Å². The summed E-state index contributed by atoms with van der Waals surface area (Å²) in [5, 5.41) is 11.1. The number of nitrogens with one attached hydrogen (secondary N) is 1. The van der Waals surface area contributed by atoms with Crippen LogP contribution in [0, 0.1) is 0 Å². The van der Waals surface area contributed by atoms with Crippen molar-refractivity contribution in [3.05, 3.63) is 30.3 Å². The normalized spacial score (nSPS) is 9.61. The molecule has 1 rings (SSSR count). The molecule has 1 aromatic carbocycles. The van der Waals surface area contributed by atoms with Gasteiger partial charge in [-0.15, -0.1) is 0 Å². The van der Waals surface area contributed by atoms with Gasteiger partial charge in [0.2, 0.25) is 5.91 Å². The van der Waals surface area contributed by atoms with E-state index >= 15 is 0 Å². The van der Waals surface area contributed by atoms with E-state index < -0.39 is 17.9 Å². The fourth-order valence-corrected chi connectivity index (χ4v) is 1.32. The van der Waals surface area contributed by atoms with E-state index in [0.29, 0.717) is 5.69 Å². The average Bonchev–Trinajstić information content (AvgIpc) is 2.29. The fourth-order valence-electron chi connectivity index (χ4n) is 1.32. The van der Waals surface area contributed by atoms with Gasteiger partial charge in [0.05, 0.1) is 6.42 Å². The number of imide groups is 1. The summed E-state index contributed by atoms with van der Waals surface area (Å²) in [7, 11) is 0. The molecule has 0 aliphatic rings. The van der Waals surface area contributed by atoms with Gasteiger partial charge >= 0.3 is 12.0 Å². The Hall–Kier alpha value is -2.37. The number of rotatable bonds is 4. The molecule has 0 saturated carbocycles. The van der Waals surface area contributed by atoms with Crippen molar-refractivity contribution in [2.24, 2.45) is 0 Å². The van der Waals surface area contributed by atoms with E-state index in [-0.39, 0.29) is 13.0 Å². The molecule has 0 spiro atoms. The van der Waals surface area contributed by atoms with Crippen molar-refractivity contribution in [1.29, 1.82) is 0 Å². The monoisotopic (exact) mass is 250 g/mol. The number of carbonyl (C=O) groups excluding carboxylic acids is 2. The lowest BCUT2D eigenvalue weighted by molar-refractivity contribution is -0.137. The van der Waals surface area contributed by atoms with E-state index in [9.17, 15) is 14.4 Å². The third kappa shape index (κ3) is 4.25. The minimum absolute atomic E-state index is 0.149. The second-order valence-electron chi connectivity index (χ2n) is 3.61. The maximum atomic E-state index is 11.8. The molecule has 6 nitrogen and oxygen atoms in total. The predicted octanol–water partition coefficient (Wildman–Crippen LogP) is 1.54. The highest BCUT2D eigenvalue weighted by atomic mass is 16.4. The molecular weight excluding hydrogens is 236 g/mol. The highest BCUT2D eigenvalue weighted by molar-refractivity contribution is 6.00. The van der Waals surface area contributed by atoms with E-state index in [1.165, 1.54) is 6.92 Å². The van der Waals surface area contributed by atoms with Crippen LogP contribution in [0.3, 0.4) is 0 Å². The molecule has 2 N–H and O–H groups in total. The second kappa shape index (κ2) is 6.39. The van der Waals surface area contributed by atoms with Crippen LogP contribution in [0.15, 0.2) is 30.3 Å². The molecule has 96 valence electrons. The molecule has 18 heavy (non-hydrogen) atoms. The summed E-state index contributed by atoms with van der Waals surface area (Å²) in [5.74, 6) is -1.56. The number of anilines is 1. The Balaban J connectivity index is 2.65. The van der Waals surface area contributed by atoms with E-state index in [1.807, 2.05) is 0 Å². The number of amides is 3. The molecule has 0 aromatic heterocycles. The van der Waals surface area contributed by atoms with Gasteiger partial charge in [-0.05, 0) is 12.1 Å². The van der Waals surface area contributed by atoms with Crippen molar-refractivity contribution < 1.29 is 19.5 Å². The molecule has 1 aromatic rings. The summed E-state index contributed by atoms with van der Waals surface area (Å²) in [6.45, 7) is 1.07. The largest absolute Gasteiger partial charge is 0.481 e. The number of carboxylic acid groups (broad SMARTS) is 1. The van der Waals surface area contributed by atoms with Crippen molar-refractivity contribution >= 4 is 23.6 Å². The first kappa shape index (κ1) is 13.7. The first-order valence-electron chi connectivity index (χ1n) is 5.36. The molecule has 0 radical (unpaired) electrons. The molecular formula is C12H14N2O4. The van der Waals surface area contributed by atoms with Gasteiger partial charge in [0.25, 0.3) is 0 Å². The summed E-state index contributed by atoms with van der Waals surface area (Å²) in [6.07, 6.45) is -0.276. The van der Waals surface area contributed by atoms with E-state index in [4.69, 9.17) is 5.11 Å². The van der Waals surface area contributed by atoms with Crippen LogP contribution in [0.4, 0.5) is 10.5 Å². The smallest absolute Gasteiger partial charge is 0.328 e. The number of hydrogen-bond donors (Lipinski definition) is 2. The number of hydrogen-bond acceptors (Lipinski definition) is 3. The third-order valence-corrected chi connectivity index (χ3v) is 2.20. The molecule has 0 unspecified atom stereocenters. The molecule has 0 aliphatic heterocycles. The summed E-state index contributed by atoms with van der Waals surface area (Å²) < 4.78 is 0. The maximum absolute atomic E-state index is 11.8. The topological polar surface area (TPSA) is 86.7 Å². The van der Waals surface area contributed by atoms with Crippen LogP contribution in [0.25, 0.3) is 0 Å². The molecule has 0 saturated heterocycles. The maximum Gasteiger partial charge on any atom is 0.328 e. The molecule has 3 amide bonds. The van der Waals surface area contributed by atoms with Gasteiger partial charge in [-0.1, -0.05) is 18.2 Å². The average molecular weight is 250 g/mol. The summed E-state index contributed by atoms with van der Waals surface area (Å²) in [4.78, 5) is 34.3. The Morgan fingerprint density at radius 3 is 2.33 bits per heavy atom. The quantitative estimate of drug-likeness (QED) is 0.848. The van der Waals surface area contributed by atoms with Crippen LogP contribution < -0.4 is 5.32 Å². The number of aliphatic carboxylic acids is 1. The van der Waals surface area contributed by atoms with Crippen LogP contribution in [0.1, 0.15) is 13.3 Å². The molecule has 6 heteroatoms. The Bertz CT molecular complexity index is 445. The van der Waals surface area contributed by atoms with Crippen LogP contribution in [-0.2, 0) is 9.59 Å². The highest BCUT2D eigenvalue weighted by Crippen LogP contribution is 2.07. The Kier molecular flexibility index (Phi) is 4.86. The Morgan fingerprint density at radius 1 is 1.22 bits per heavy atom. The van der Waals surface area contributed by atoms with Crippen molar-refractivity contribution in [1.82, 2.24) is 4.90 Å². The predicted molar refractivity (Wildman–Crippen MR) is 65.1 cm³/mol. The zero-order valence-corrected chi connectivity index (χ0v) is 9.92. The van der Waals surface area contributed by atoms with E-state index in [0.717, 1.165) is 4.90 Å².